The lowest BCUT2D eigenvalue weighted by atomic mass is 10.0. The molecule has 3 aromatic carbocycles. The first kappa shape index (κ1) is 29.8. The SMILES string of the molecule is CNC(=O)C(Cc1ccccc1)N(Cc1ccccc1F)C(=O)CCCN(c1ccc(C)c(C)c1)S(C)(=O)=O. The first-order valence-electron chi connectivity index (χ1n) is 12.8. The highest BCUT2D eigenvalue weighted by Gasteiger charge is 2.30. The molecule has 0 radical (unpaired) electrons. The maximum atomic E-state index is 14.6. The van der Waals surface area contributed by atoms with Crippen LogP contribution in [0.25, 0.3) is 0 Å². The average Bonchev–Trinajstić information content (AvgIpc) is 2.90. The van der Waals surface area contributed by atoms with Crippen LogP contribution >= 0.6 is 0 Å². The lowest BCUT2D eigenvalue weighted by Gasteiger charge is -2.31. The van der Waals surface area contributed by atoms with Gasteiger partial charge in [-0.15, -0.1) is 0 Å². The van der Waals surface area contributed by atoms with Crippen LogP contribution in [0.4, 0.5) is 10.1 Å². The number of carbonyl (C=O) groups excluding carboxylic acids is 2. The third kappa shape index (κ3) is 8.13. The molecule has 1 unspecified atom stereocenters. The van der Waals surface area contributed by atoms with Crippen LogP contribution in [0.5, 0.6) is 0 Å². The maximum Gasteiger partial charge on any atom is 0.242 e. The Bertz CT molecular complexity index is 1400. The Balaban J connectivity index is 1.86. The number of carbonyl (C=O) groups is 2. The van der Waals surface area contributed by atoms with Gasteiger partial charge in [0.15, 0.2) is 0 Å². The summed E-state index contributed by atoms with van der Waals surface area (Å²) < 4.78 is 41.1. The number of halogens is 1. The van der Waals surface area contributed by atoms with Gasteiger partial charge in [-0.2, -0.15) is 0 Å². The molecule has 0 aliphatic carbocycles. The number of likely N-dealkylation sites (N-methyl/N-ethyl adjacent to an activating group) is 1. The van der Waals surface area contributed by atoms with Gasteiger partial charge < -0.3 is 10.2 Å². The van der Waals surface area contributed by atoms with Crippen LogP contribution in [0.3, 0.4) is 0 Å². The van der Waals surface area contributed by atoms with Crippen LogP contribution in [0.1, 0.15) is 35.1 Å². The first-order valence-corrected chi connectivity index (χ1v) is 14.7. The van der Waals surface area contributed by atoms with E-state index in [0.29, 0.717) is 11.3 Å². The molecule has 0 aliphatic heterocycles. The van der Waals surface area contributed by atoms with Crippen molar-refractivity contribution in [3.63, 3.8) is 0 Å². The summed E-state index contributed by atoms with van der Waals surface area (Å²) in [6.45, 7) is 3.85. The molecule has 0 saturated carbocycles. The number of anilines is 1. The van der Waals surface area contributed by atoms with Crippen molar-refractivity contribution in [2.75, 3.05) is 24.2 Å². The monoisotopic (exact) mass is 553 g/mol. The van der Waals surface area contributed by atoms with Gasteiger partial charge in [0.2, 0.25) is 21.8 Å². The van der Waals surface area contributed by atoms with E-state index in [2.05, 4.69) is 5.32 Å². The van der Waals surface area contributed by atoms with Crippen LogP contribution in [0, 0.1) is 19.7 Å². The van der Waals surface area contributed by atoms with Crippen molar-refractivity contribution in [3.8, 4) is 0 Å². The molecule has 0 bridgehead atoms. The second-order valence-corrected chi connectivity index (χ2v) is 11.5. The van der Waals surface area contributed by atoms with Gasteiger partial charge in [0.05, 0.1) is 11.9 Å². The van der Waals surface area contributed by atoms with Gasteiger partial charge >= 0.3 is 0 Å². The van der Waals surface area contributed by atoms with Crippen LogP contribution in [-0.4, -0.2) is 51.0 Å². The summed E-state index contributed by atoms with van der Waals surface area (Å²) in [5.41, 5.74) is 3.69. The van der Waals surface area contributed by atoms with Crippen LogP contribution in [-0.2, 0) is 32.6 Å². The molecule has 0 spiro atoms. The molecule has 2 amide bonds. The number of benzene rings is 3. The maximum absolute atomic E-state index is 14.6. The zero-order valence-electron chi connectivity index (χ0n) is 22.9. The van der Waals surface area contributed by atoms with Crippen molar-refractivity contribution in [2.24, 2.45) is 0 Å². The molecule has 9 heteroatoms. The van der Waals surface area contributed by atoms with Gasteiger partial charge in [-0.05, 0) is 55.2 Å². The number of sulfonamides is 1. The van der Waals surface area contributed by atoms with Crippen molar-refractivity contribution in [1.82, 2.24) is 10.2 Å². The van der Waals surface area contributed by atoms with Gasteiger partial charge in [-0.1, -0.05) is 54.6 Å². The van der Waals surface area contributed by atoms with Gasteiger partial charge in [-0.25, -0.2) is 12.8 Å². The predicted molar refractivity (Wildman–Crippen MR) is 152 cm³/mol. The number of amides is 2. The lowest BCUT2D eigenvalue weighted by molar-refractivity contribution is -0.141. The molecule has 3 aromatic rings. The minimum Gasteiger partial charge on any atom is -0.357 e. The Morgan fingerprint density at radius 1 is 0.949 bits per heavy atom. The van der Waals surface area contributed by atoms with Crippen LogP contribution in [0.2, 0.25) is 0 Å². The summed E-state index contributed by atoms with van der Waals surface area (Å²) in [6.07, 6.45) is 1.58. The van der Waals surface area contributed by atoms with Gasteiger partial charge in [0, 0.05) is 38.5 Å². The van der Waals surface area contributed by atoms with E-state index in [9.17, 15) is 22.4 Å². The zero-order valence-corrected chi connectivity index (χ0v) is 23.7. The van der Waals surface area contributed by atoms with Crippen LogP contribution in [0.15, 0.2) is 72.8 Å². The Hall–Kier alpha value is -3.72. The Labute approximate surface area is 230 Å². The number of aryl methyl sites for hydroxylation is 2. The second-order valence-electron chi connectivity index (χ2n) is 9.64. The summed E-state index contributed by atoms with van der Waals surface area (Å²) in [4.78, 5) is 28.0. The van der Waals surface area contributed by atoms with Gasteiger partial charge in [0.1, 0.15) is 11.9 Å². The van der Waals surface area contributed by atoms with Crippen molar-refractivity contribution in [2.45, 2.75) is 45.7 Å². The zero-order chi connectivity index (χ0) is 28.6. The molecule has 3 rings (SSSR count). The molecule has 1 N–H and O–H groups in total. The molecular weight excluding hydrogens is 517 g/mol. The highest BCUT2D eigenvalue weighted by atomic mass is 32.2. The molecule has 0 heterocycles. The van der Waals surface area contributed by atoms with E-state index in [-0.39, 0.29) is 44.2 Å². The minimum atomic E-state index is -3.60. The molecule has 0 aromatic heterocycles. The molecule has 0 fully saturated rings. The molecule has 0 aliphatic rings. The van der Waals surface area contributed by atoms with E-state index in [1.165, 1.54) is 22.3 Å². The van der Waals surface area contributed by atoms with Crippen molar-refractivity contribution < 1.29 is 22.4 Å². The Morgan fingerprint density at radius 3 is 2.23 bits per heavy atom. The highest BCUT2D eigenvalue weighted by molar-refractivity contribution is 7.92. The van der Waals surface area contributed by atoms with E-state index >= 15 is 0 Å². The van der Waals surface area contributed by atoms with E-state index in [4.69, 9.17) is 0 Å². The van der Waals surface area contributed by atoms with Crippen molar-refractivity contribution in [3.05, 3.63) is 101 Å². The fourth-order valence-corrected chi connectivity index (χ4v) is 5.37. The van der Waals surface area contributed by atoms with E-state index < -0.39 is 21.9 Å². The fourth-order valence-electron chi connectivity index (χ4n) is 4.42. The minimum absolute atomic E-state index is 0.0202. The second kappa shape index (κ2) is 13.4. The molecule has 7 nitrogen and oxygen atoms in total. The summed E-state index contributed by atoms with van der Waals surface area (Å²) in [6, 6.07) is 20.0. The third-order valence-electron chi connectivity index (χ3n) is 6.75. The summed E-state index contributed by atoms with van der Waals surface area (Å²) in [5.74, 6) is -1.20. The smallest absolute Gasteiger partial charge is 0.242 e. The Morgan fingerprint density at radius 2 is 1.62 bits per heavy atom. The summed E-state index contributed by atoms with van der Waals surface area (Å²) >= 11 is 0. The van der Waals surface area contributed by atoms with E-state index in [0.717, 1.165) is 22.9 Å². The molecule has 208 valence electrons. The van der Waals surface area contributed by atoms with E-state index in [1.807, 2.05) is 56.3 Å². The largest absolute Gasteiger partial charge is 0.357 e. The van der Waals surface area contributed by atoms with Crippen molar-refractivity contribution >= 4 is 27.5 Å². The standard InChI is InChI=1S/C30H36FN3O4S/c1-22-16-17-26(19-23(22)2)34(39(4,37)38)18-10-15-29(35)33(21-25-13-8-9-14-27(25)31)28(30(36)32-3)20-24-11-6-5-7-12-24/h5-9,11-14,16-17,19,28H,10,15,18,20-21H2,1-4H3,(H,32,36). The number of nitrogens with one attached hydrogen (secondary N) is 1. The molecule has 1 atom stereocenters. The van der Waals surface area contributed by atoms with Crippen LogP contribution < -0.4 is 9.62 Å². The lowest BCUT2D eigenvalue weighted by Crippen LogP contribution is -2.50. The molecular formula is C30H36FN3O4S. The van der Waals surface area contributed by atoms with E-state index in [1.54, 1.807) is 24.3 Å². The summed E-state index contributed by atoms with van der Waals surface area (Å²) in [5, 5.41) is 2.63. The summed E-state index contributed by atoms with van der Waals surface area (Å²) in [7, 11) is -2.10. The number of hydrogen-bond acceptors (Lipinski definition) is 4. The number of hydrogen-bond donors (Lipinski definition) is 1. The molecule has 39 heavy (non-hydrogen) atoms. The average molecular weight is 554 g/mol. The quantitative estimate of drug-likeness (QED) is 0.361. The van der Waals surface area contributed by atoms with Crippen molar-refractivity contribution in [1.29, 1.82) is 0 Å². The third-order valence-corrected chi connectivity index (χ3v) is 7.94. The predicted octanol–water partition coefficient (Wildman–Crippen LogP) is 4.37. The van der Waals surface area contributed by atoms with Gasteiger partial charge in [0.25, 0.3) is 0 Å². The molecule has 0 saturated heterocycles. The van der Waals surface area contributed by atoms with Gasteiger partial charge in [-0.3, -0.25) is 13.9 Å². The first-order chi connectivity index (χ1) is 18.5. The topological polar surface area (TPSA) is 86.8 Å². The normalized spacial score (nSPS) is 12.0. The Kier molecular flexibility index (Phi) is 10.2. The highest BCUT2D eigenvalue weighted by Crippen LogP contribution is 2.23. The number of rotatable bonds is 12. The number of nitrogens with zero attached hydrogens (tertiary/aromatic N) is 2. The fraction of sp³-hybridized carbons (Fsp3) is 0.333.